The highest BCUT2D eigenvalue weighted by Gasteiger charge is 2.14. The van der Waals surface area contributed by atoms with Crippen molar-refractivity contribution in [2.24, 2.45) is 5.10 Å². The molecule has 0 heterocycles. The van der Waals surface area contributed by atoms with E-state index in [-0.39, 0.29) is 6.61 Å². The third-order valence-electron chi connectivity index (χ3n) is 5.29. The molecule has 35 heavy (non-hydrogen) atoms. The van der Waals surface area contributed by atoms with E-state index >= 15 is 0 Å². The summed E-state index contributed by atoms with van der Waals surface area (Å²) in [6.45, 7) is 1.72. The van der Waals surface area contributed by atoms with Gasteiger partial charge in [-0.2, -0.15) is 5.10 Å². The highest BCUT2D eigenvalue weighted by atomic mass is 16.5. The molecule has 0 aliphatic heterocycles. The Morgan fingerprint density at radius 2 is 1.63 bits per heavy atom. The molecule has 0 radical (unpaired) electrons. The molecule has 4 rings (SSSR count). The second-order valence-electron chi connectivity index (χ2n) is 7.66. The van der Waals surface area contributed by atoms with Crippen LogP contribution in [0.1, 0.15) is 21.5 Å². The molecule has 4 aromatic rings. The van der Waals surface area contributed by atoms with Crippen molar-refractivity contribution >= 4 is 28.9 Å². The molecular formula is C28H24N2O5. The van der Waals surface area contributed by atoms with Gasteiger partial charge in [0.25, 0.3) is 5.91 Å². The first kappa shape index (κ1) is 23.5. The van der Waals surface area contributed by atoms with E-state index in [4.69, 9.17) is 14.2 Å². The molecule has 0 aliphatic rings. The topological polar surface area (TPSA) is 86.2 Å². The van der Waals surface area contributed by atoms with Gasteiger partial charge in [-0.15, -0.1) is 0 Å². The van der Waals surface area contributed by atoms with Crippen molar-refractivity contribution in [2.75, 3.05) is 13.7 Å². The predicted molar refractivity (Wildman–Crippen MR) is 134 cm³/mol. The lowest BCUT2D eigenvalue weighted by atomic mass is 10.0. The van der Waals surface area contributed by atoms with Gasteiger partial charge in [0.2, 0.25) is 0 Å². The van der Waals surface area contributed by atoms with Gasteiger partial charge in [0, 0.05) is 5.56 Å². The van der Waals surface area contributed by atoms with Crippen LogP contribution in [0, 0.1) is 6.92 Å². The lowest BCUT2D eigenvalue weighted by molar-refractivity contribution is -0.123. The van der Waals surface area contributed by atoms with Crippen LogP contribution in [0.5, 0.6) is 17.2 Å². The lowest BCUT2D eigenvalue weighted by Crippen LogP contribution is -2.24. The number of ether oxygens (including phenoxy) is 3. The third kappa shape index (κ3) is 5.83. The van der Waals surface area contributed by atoms with E-state index in [1.54, 1.807) is 43.5 Å². The molecule has 0 unspecified atom stereocenters. The fraction of sp³-hybridized carbons (Fsp3) is 0.107. The van der Waals surface area contributed by atoms with Crippen molar-refractivity contribution in [1.29, 1.82) is 0 Å². The molecule has 0 bridgehead atoms. The summed E-state index contributed by atoms with van der Waals surface area (Å²) in [5.41, 5.74) is 4.33. The Bertz CT molecular complexity index is 1380. The Hall–Kier alpha value is -4.65. The number of para-hydroxylation sites is 1. The van der Waals surface area contributed by atoms with Gasteiger partial charge in [-0.25, -0.2) is 10.2 Å². The fourth-order valence-corrected chi connectivity index (χ4v) is 3.45. The number of amides is 1. The van der Waals surface area contributed by atoms with Crippen LogP contribution in [0.2, 0.25) is 0 Å². The maximum absolute atomic E-state index is 12.7. The van der Waals surface area contributed by atoms with Gasteiger partial charge >= 0.3 is 5.97 Å². The number of esters is 1. The van der Waals surface area contributed by atoms with Crippen LogP contribution in [0.3, 0.4) is 0 Å². The molecule has 1 amide bonds. The second-order valence-corrected chi connectivity index (χ2v) is 7.66. The second kappa shape index (κ2) is 11.0. The first-order chi connectivity index (χ1) is 17.0. The molecule has 7 heteroatoms. The number of fused-ring (bicyclic) bond motifs is 1. The van der Waals surface area contributed by atoms with Crippen LogP contribution >= 0.6 is 0 Å². The summed E-state index contributed by atoms with van der Waals surface area (Å²) in [7, 11) is 1.56. The Labute approximate surface area is 202 Å². The molecule has 0 aromatic heterocycles. The molecule has 4 aromatic carbocycles. The monoisotopic (exact) mass is 468 g/mol. The van der Waals surface area contributed by atoms with Crippen LogP contribution in [-0.2, 0) is 4.79 Å². The van der Waals surface area contributed by atoms with E-state index < -0.39 is 11.9 Å². The zero-order chi connectivity index (χ0) is 24.6. The van der Waals surface area contributed by atoms with E-state index in [2.05, 4.69) is 10.5 Å². The maximum atomic E-state index is 12.7. The quantitative estimate of drug-likeness (QED) is 0.172. The minimum absolute atomic E-state index is 0.183. The standard InChI is InChI=1S/C28H24N2O5/c1-19-7-3-6-10-25(19)34-18-27(31)30-29-17-24-23-9-5-4-8-20(23)13-16-26(24)35-28(32)21-11-14-22(33-2)15-12-21/h3-17H,18H2,1-2H3,(H,30,31)/b29-17-. The van der Waals surface area contributed by atoms with Crippen molar-refractivity contribution in [2.45, 2.75) is 6.92 Å². The summed E-state index contributed by atoms with van der Waals surface area (Å²) in [5.74, 6) is 0.657. The maximum Gasteiger partial charge on any atom is 0.343 e. The van der Waals surface area contributed by atoms with Crippen LogP contribution < -0.4 is 19.6 Å². The Kier molecular flexibility index (Phi) is 7.37. The van der Waals surface area contributed by atoms with Gasteiger partial charge in [-0.3, -0.25) is 4.79 Å². The average Bonchev–Trinajstić information content (AvgIpc) is 2.89. The van der Waals surface area contributed by atoms with Crippen molar-refractivity contribution in [3.8, 4) is 17.2 Å². The first-order valence-electron chi connectivity index (χ1n) is 10.9. The molecule has 0 saturated heterocycles. The zero-order valence-corrected chi connectivity index (χ0v) is 19.4. The summed E-state index contributed by atoms with van der Waals surface area (Å²) in [6.07, 6.45) is 1.46. The summed E-state index contributed by atoms with van der Waals surface area (Å²) in [6, 6.07) is 25.3. The number of nitrogens with one attached hydrogen (secondary N) is 1. The minimum Gasteiger partial charge on any atom is -0.497 e. The number of benzene rings is 4. The van der Waals surface area contributed by atoms with E-state index in [1.165, 1.54) is 6.21 Å². The predicted octanol–water partition coefficient (Wildman–Crippen LogP) is 4.91. The van der Waals surface area contributed by atoms with Gasteiger partial charge in [0.15, 0.2) is 6.61 Å². The lowest BCUT2D eigenvalue weighted by Gasteiger charge is -2.11. The normalized spacial score (nSPS) is 10.8. The number of methoxy groups -OCH3 is 1. The van der Waals surface area contributed by atoms with Crippen molar-refractivity contribution in [3.63, 3.8) is 0 Å². The average molecular weight is 469 g/mol. The van der Waals surface area contributed by atoms with E-state index in [0.29, 0.717) is 28.4 Å². The molecule has 176 valence electrons. The molecule has 1 N–H and O–H groups in total. The number of nitrogens with zero attached hydrogens (tertiary/aromatic N) is 1. The summed E-state index contributed by atoms with van der Waals surface area (Å²) < 4.78 is 16.4. The van der Waals surface area contributed by atoms with Crippen molar-refractivity contribution in [1.82, 2.24) is 5.43 Å². The van der Waals surface area contributed by atoms with Crippen molar-refractivity contribution < 1.29 is 23.8 Å². The third-order valence-corrected chi connectivity index (χ3v) is 5.29. The summed E-state index contributed by atoms with van der Waals surface area (Å²) in [4.78, 5) is 25.0. The van der Waals surface area contributed by atoms with Gasteiger partial charge in [0.05, 0.1) is 18.9 Å². The molecular weight excluding hydrogens is 444 g/mol. The number of aryl methyl sites for hydroxylation is 1. The molecule has 0 aliphatic carbocycles. The van der Waals surface area contributed by atoms with Gasteiger partial charge in [-0.05, 0) is 59.7 Å². The van der Waals surface area contributed by atoms with Crippen LogP contribution in [-0.4, -0.2) is 31.8 Å². The van der Waals surface area contributed by atoms with E-state index in [1.807, 2.05) is 55.5 Å². The largest absolute Gasteiger partial charge is 0.497 e. The van der Waals surface area contributed by atoms with E-state index in [0.717, 1.165) is 16.3 Å². The van der Waals surface area contributed by atoms with Crippen molar-refractivity contribution in [3.05, 3.63) is 102 Å². The smallest absolute Gasteiger partial charge is 0.343 e. The van der Waals surface area contributed by atoms with Gasteiger partial charge < -0.3 is 14.2 Å². The number of rotatable bonds is 8. The fourth-order valence-electron chi connectivity index (χ4n) is 3.45. The Morgan fingerprint density at radius 1 is 0.886 bits per heavy atom. The first-order valence-corrected chi connectivity index (χ1v) is 10.9. The number of carbonyl (C=O) groups excluding carboxylic acids is 2. The molecule has 0 saturated carbocycles. The Balaban J connectivity index is 1.50. The minimum atomic E-state index is -0.520. The van der Waals surface area contributed by atoms with E-state index in [9.17, 15) is 9.59 Å². The number of hydrogen-bond donors (Lipinski definition) is 1. The SMILES string of the molecule is COc1ccc(C(=O)Oc2ccc3ccccc3c2/C=N\NC(=O)COc2ccccc2C)cc1. The van der Waals surface area contributed by atoms with Gasteiger partial charge in [0.1, 0.15) is 17.2 Å². The Morgan fingerprint density at radius 3 is 2.40 bits per heavy atom. The van der Waals surface area contributed by atoms with Crippen LogP contribution in [0.4, 0.5) is 0 Å². The van der Waals surface area contributed by atoms with Crippen LogP contribution in [0.25, 0.3) is 10.8 Å². The molecule has 0 fully saturated rings. The number of hydrazone groups is 1. The number of carbonyl (C=O) groups is 2. The molecule has 7 nitrogen and oxygen atoms in total. The molecule has 0 atom stereocenters. The summed E-state index contributed by atoms with van der Waals surface area (Å²) >= 11 is 0. The highest BCUT2D eigenvalue weighted by Crippen LogP contribution is 2.27. The molecule has 0 spiro atoms. The summed E-state index contributed by atoms with van der Waals surface area (Å²) in [5, 5.41) is 5.84. The van der Waals surface area contributed by atoms with Gasteiger partial charge in [-0.1, -0.05) is 48.5 Å². The van der Waals surface area contributed by atoms with Crippen LogP contribution in [0.15, 0.2) is 90.0 Å². The zero-order valence-electron chi connectivity index (χ0n) is 19.4. The number of hydrogen-bond acceptors (Lipinski definition) is 6. The highest BCUT2D eigenvalue weighted by molar-refractivity contribution is 6.04.